The van der Waals surface area contributed by atoms with Crippen LogP contribution in [0.5, 0.6) is 11.5 Å². The van der Waals surface area contributed by atoms with Crippen molar-refractivity contribution in [1.29, 1.82) is 0 Å². The van der Waals surface area contributed by atoms with Crippen LogP contribution in [0.25, 0.3) is 82.8 Å². The monoisotopic (exact) mass is 721 g/mol. The van der Waals surface area contributed by atoms with Gasteiger partial charge < -0.3 is 13.7 Å². The summed E-state index contributed by atoms with van der Waals surface area (Å²) >= 11 is 0.648. The molecule has 0 N–H and O–H groups in total. The van der Waals surface area contributed by atoms with E-state index in [1.807, 2.05) is 0 Å². The topological polar surface area (TPSA) is 27.3 Å². The fraction of sp³-hybridized carbons (Fsp3) is 0. The molecule has 0 fully saturated rings. The highest BCUT2D eigenvalue weighted by molar-refractivity contribution is 8.28. The number of hydrogen-bond acceptors (Lipinski definition) is 3. The number of fused-ring (bicyclic) bond motifs is 10. The van der Waals surface area contributed by atoms with Gasteiger partial charge in [-0.25, -0.2) is 0 Å². The lowest BCUT2D eigenvalue weighted by atomic mass is 9.57. The standard InChI is InChI=1S/C48H28BNO2S/c1-5-16-41-34(12-1)35-13-2-6-17-42(35)50(41)33-11-9-10-29(24-33)32-26-39-37-22-20-31(30-21-23-44-38(25-30)36-14-3-7-18-43(36)51-44)28-47(37)53-49-40-15-4-8-19-45(40)52-46(27-32)48(39)49/h1-28H/i1D,2D,3D,4D,5D,6D,7D,8D,9D,10D,11D,12D,13D,14D,15D,16D,17D,18D,19D,20D,21D,22D,23D,24D,25D,26D,27D,28D. The minimum Gasteiger partial charge on any atom is -0.458 e. The zero-order valence-corrected chi connectivity index (χ0v) is 27.1. The van der Waals surface area contributed by atoms with Crippen molar-refractivity contribution in [1.82, 2.24) is 4.57 Å². The number of aromatic nitrogens is 1. The number of hydrogen-bond donors (Lipinski definition) is 0. The summed E-state index contributed by atoms with van der Waals surface area (Å²) in [6.07, 6.45) is 0. The third kappa shape index (κ3) is 4.32. The van der Waals surface area contributed by atoms with Crippen molar-refractivity contribution >= 4 is 72.3 Å². The van der Waals surface area contributed by atoms with Gasteiger partial charge in [0.1, 0.15) is 22.7 Å². The maximum Gasteiger partial charge on any atom is 0.289 e. The van der Waals surface area contributed by atoms with E-state index in [0.717, 1.165) is 4.57 Å². The Labute approximate surface area is 349 Å². The van der Waals surface area contributed by atoms with Gasteiger partial charge in [-0.15, -0.1) is 0 Å². The summed E-state index contributed by atoms with van der Waals surface area (Å²) in [6.45, 7) is 0. The van der Waals surface area contributed by atoms with Crippen molar-refractivity contribution in [3.8, 4) is 50.6 Å². The highest BCUT2D eigenvalue weighted by Gasteiger charge is 2.38. The maximum atomic E-state index is 10.1. The van der Waals surface area contributed by atoms with Crippen LogP contribution in [0.15, 0.2) is 179 Å². The van der Waals surface area contributed by atoms with Crippen molar-refractivity contribution < 1.29 is 47.5 Å². The van der Waals surface area contributed by atoms with Crippen LogP contribution in [0.3, 0.4) is 0 Å². The Hall–Kier alpha value is -6.43. The molecule has 12 rings (SSSR count). The molecule has 0 spiro atoms. The highest BCUT2D eigenvalue weighted by Crippen LogP contribution is 2.46. The number of benzene rings is 8. The molecule has 2 aromatic heterocycles. The molecule has 10 aromatic rings. The Bertz CT molecular complexity index is 4690. The third-order valence-corrected chi connectivity index (χ3v) is 10.2. The van der Waals surface area contributed by atoms with Gasteiger partial charge in [0, 0.05) is 32.1 Å². The molecular weight excluding hydrogens is 665 g/mol. The van der Waals surface area contributed by atoms with Crippen LogP contribution >= 0.6 is 11.6 Å². The summed E-state index contributed by atoms with van der Waals surface area (Å²) in [5.74, 6) is -2.66. The highest BCUT2D eigenvalue weighted by atomic mass is 32.2. The molecule has 8 aromatic carbocycles. The molecule has 4 heterocycles. The maximum absolute atomic E-state index is 10.1. The van der Waals surface area contributed by atoms with Gasteiger partial charge >= 0.3 is 0 Å². The molecule has 0 atom stereocenters. The SMILES string of the molecule is [2H]c1c([2H])c([2H])c2c(c1[2H])Oc1c([2H])c(-c3c([2H])c([2H])c([2H])c(-n4c5c([2H])c([2H])c([2H])c([2H])c5c5c([2H])c([2H])c([2H])c([2H])c54)c3[2H])c([2H])c3c1B2Sc1c([2H])c(-c2c([2H])c([2H])c4oc5c([2H])c([2H])c([2H])c([2H])c5c4c2[2H])c([2H])c([2H])c1-3. The van der Waals surface area contributed by atoms with E-state index in [2.05, 4.69) is 0 Å². The molecule has 2 aliphatic heterocycles. The van der Waals surface area contributed by atoms with E-state index in [0.29, 0.717) is 11.6 Å². The van der Waals surface area contributed by atoms with Gasteiger partial charge in [0.15, 0.2) is 0 Å². The lowest BCUT2D eigenvalue weighted by Gasteiger charge is -2.33. The molecule has 3 nitrogen and oxygen atoms in total. The Kier molecular flexibility index (Phi) is 2.75. The van der Waals surface area contributed by atoms with Gasteiger partial charge in [-0.1, -0.05) is 103 Å². The van der Waals surface area contributed by atoms with Crippen molar-refractivity contribution in [3.05, 3.63) is 169 Å². The minimum atomic E-state index is -1.50. The molecule has 0 unspecified atom stereocenters. The molecule has 53 heavy (non-hydrogen) atoms. The van der Waals surface area contributed by atoms with Crippen molar-refractivity contribution in [2.45, 2.75) is 4.90 Å². The summed E-state index contributed by atoms with van der Waals surface area (Å²) in [5, 5.41) is -1.69. The number of nitrogens with zero attached hydrogens (tertiary/aromatic N) is 1. The van der Waals surface area contributed by atoms with Crippen LogP contribution in [0.2, 0.25) is 0 Å². The molecule has 0 amide bonds. The van der Waals surface area contributed by atoms with Gasteiger partial charge in [0.05, 0.1) is 49.4 Å². The molecular formula is C48H28BNO2S. The van der Waals surface area contributed by atoms with E-state index >= 15 is 0 Å². The first-order chi connectivity index (χ1) is 37.9. The summed E-state index contributed by atoms with van der Waals surface area (Å²) in [6, 6.07) is -23.1. The molecule has 5 heteroatoms. The first-order valence-corrected chi connectivity index (χ1v) is 16.6. The summed E-state index contributed by atoms with van der Waals surface area (Å²) < 4.78 is 267. The lowest BCUT2D eigenvalue weighted by molar-refractivity contribution is 0.488. The number of rotatable bonds is 3. The van der Waals surface area contributed by atoms with Crippen LogP contribution in [-0.2, 0) is 0 Å². The zero-order chi connectivity index (χ0) is 59.0. The molecule has 0 aliphatic carbocycles. The predicted octanol–water partition coefficient (Wildman–Crippen LogP) is 12.0. The van der Waals surface area contributed by atoms with Crippen LogP contribution in [0, 0.1) is 0 Å². The number of ether oxygens (including phenoxy) is 1. The average Bonchev–Trinajstić information content (AvgIpc) is 3.59. The van der Waals surface area contributed by atoms with E-state index in [1.54, 1.807) is 0 Å². The van der Waals surface area contributed by atoms with Gasteiger partial charge in [0.25, 0.3) is 5.99 Å². The van der Waals surface area contributed by atoms with E-state index in [4.69, 9.17) is 32.5 Å². The molecule has 246 valence electrons. The average molecular weight is 722 g/mol. The quantitative estimate of drug-likeness (QED) is 0.170. The number of para-hydroxylation sites is 4. The predicted molar refractivity (Wildman–Crippen MR) is 222 cm³/mol. The molecule has 0 radical (unpaired) electrons. The van der Waals surface area contributed by atoms with Crippen LogP contribution in [-0.4, -0.2) is 10.6 Å². The molecule has 0 saturated carbocycles. The Morgan fingerprint density at radius 2 is 1.19 bits per heavy atom. The molecule has 0 bridgehead atoms. The lowest BCUT2D eigenvalue weighted by Crippen LogP contribution is -2.46. The second-order valence-corrected chi connectivity index (χ2v) is 12.9. The summed E-state index contributed by atoms with van der Waals surface area (Å²) in [7, 11) is 0. The Morgan fingerprint density at radius 3 is 2.06 bits per heavy atom. The van der Waals surface area contributed by atoms with Crippen LogP contribution in [0.4, 0.5) is 0 Å². The Balaban J connectivity index is 1.23. The molecule has 2 aliphatic rings. The van der Waals surface area contributed by atoms with E-state index in [-0.39, 0.29) is 26.6 Å². The van der Waals surface area contributed by atoms with Crippen LogP contribution < -0.4 is 15.7 Å². The smallest absolute Gasteiger partial charge is 0.289 e. The summed E-state index contributed by atoms with van der Waals surface area (Å²) in [4.78, 5) is -0.342. The van der Waals surface area contributed by atoms with Gasteiger partial charge in [0.2, 0.25) is 0 Å². The minimum absolute atomic E-state index is 0.226. The Morgan fingerprint density at radius 1 is 0.491 bits per heavy atom. The van der Waals surface area contributed by atoms with E-state index < -0.39 is 259 Å². The van der Waals surface area contributed by atoms with Crippen molar-refractivity contribution in [2.24, 2.45) is 0 Å². The fourth-order valence-electron chi connectivity index (χ4n) is 6.65. The zero-order valence-electron chi connectivity index (χ0n) is 54.2. The molecule has 0 saturated heterocycles. The first-order valence-electron chi connectivity index (χ1n) is 29.8. The van der Waals surface area contributed by atoms with Gasteiger partial charge in [-0.3, -0.25) is 0 Å². The summed E-state index contributed by atoms with van der Waals surface area (Å²) in [5.41, 5.74) is -7.26. The van der Waals surface area contributed by atoms with Crippen molar-refractivity contribution in [3.63, 3.8) is 0 Å². The van der Waals surface area contributed by atoms with Gasteiger partial charge in [-0.2, -0.15) is 11.6 Å². The van der Waals surface area contributed by atoms with E-state index in [1.165, 1.54) is 0 Å². The first kappa shape index (κ1) is 13.2. The normalized spacial score (nSPS) is 20.3. The van der Waals surface area contributed by atoms with Crippen LogP contribution in [0.1, 0.15) is 38.4 Å². The fourth-order valence-corrected chi connectivity index (χ4v) is 7.94. The van der Waals surface area contributed by atoms with Crippen molar-refractivity contribution in [2.75, 3.05) is 0 Å². The van der Waals surface area contributed by atoms with Gasteiger partial charge in [-0.05, 0) is 111 Å². The second kappa shape index (κ2) is 11.0. The number of furan rings is 1. The van der Waals surface area contributed by atoms with E-state index in [9.17, 15) is 15.1 Å². The second-order valence-electron chi connectivity index (χ2n) is 11.8. The third-order valence-electron chi connectivity index (χ3n) is 8.93. The largest absolute Gasteiger partial charge is 0.458 e.